The maximum Gasteiger partial charge on any atom is 0.246 e. The third kappa shape index (κ3) is 3.50. The lowest BCUT2D eigenvalue weighted by atomic mass is 10.1. The van der Waals surface area contributed by atoms with E-state index in [2.05, 4.69) is 13.8 Å². The lowest BCUT2D eigenvalue weighted by Crippen LogP contribution is -2.42. The lowest BCUT2D eigenvalue weighted by Gasteiger charge is -2.29. The van der Waals surface area contributed by atoms with Crippen LogP contribution in [0.3, 0.4) is 0 Å². The van der Waals surface area contributed by atoms with Crippen molar-refractivity contribution in [3.8, 4) is 0 Å². The maximum atomic E-state index is 11.6. The fourth-order valence-corrected chi connectivity index (χ4v) is 1.50. The van der Waals surface area contributed by atoms with Crippen LogP contribution in [0.4, 0.5) is 0 Å². The number of allylic oxidation sites excluding steroid dienone is 1. The fraction of sp³-hybridized carbons (Fsp3) is 0.727. The van der Waals surface area contributed by atoms with Crippen molar-refractivity contribution in [2.75, 3.05) is 13.1 Å². The molecule has 0 aromatic heterocycles. The van der Waals surface area contributed by atoms with E-state index in [0.29, 0.717) is 5.92 Å². The van der Waals surface area contributed by atoms with Crippen LogP contribution in [-0.2, 0) is 4.79 Å². The second kappa shape index (κ2) is 5.15. The van der Waals surface area contributed by atoms with Gasteiger partial charge < -0.3 is 10.6 Å². The van der Waals surface area contributed by atoms with Crippen molar-refractivity contribution in [3.05, 3.63) is 12.2 Å². The third-order valence-corrected chi connectivity index (χ3v) is 2.47. The first kappa shape index (κ1) is 11.2. The number of carbonyl (C=O) groups excluding carboxylic acids is 1. The minimum Gasteiger partial charge on any atom is -0.339 e. The Morgan fingerprint density at radius 3 is 2.50 bits per heavy atom. The van der Waals surface area contributed by atoms with Gasteiger partial charge in [0.1, 0.15) is 0 Å². The Bertz CT molecular complexity index is 215. The van der Waals surface area contributed by atoms with Gasteiger partial charge in [0.15, 0.2) is 0 Å². The molecule has 1 rings (SSSR count). The van der Waals surface area contributed by atoms with E-state index in [0.717, 1.165) is 25.9 Å². The Hall–Kier alpha value is -0.830. The van der Waals surface area contributed by atoms with Crippen LogP contribution in [0.15, 0.2) is 12.2 Å². The van der Waals surface area contributed by atoms with Crippen LogP contribution in [0.1, 0.15) is 26.7 Å². The topological polar surface area (TPSA) is 46.3 Å². The van der Waals surface area contributed by atoms with Crippen molar-refractivity contribution < 1.29 is 4.79 Å². The molecule has 3 nitrogen and oxygen atoms in total. The Balaban J connectivity index is 2.38. The average molecular weight is 196 g/mol. The van der Waals surface area contributed by atoms with E-state index >= 15 is 0 Å². The molecule has 1 fully saturated rings. The molecule has 0 atom stereocenters. The fourth-order valence-electron chi connectivity index (χ4n) is 1.50. The Morgan fingerprint density at radius 2 is 2.00 bits per heavy atom. The Labute approximate surface area is 86.0 Å². The smallest absolute Gasteiger partial charge is 0.246 e. The van der Waals surface area contributed by atoms with E-state index in [1.165, 1.54) is 0 Å². The van der Waals surface area contributed by atoms with E-state index in [-0.39, 0.29) is 11.9 Å². The summed E-state index contributed by atoms with van der Waals surface area (Å²) >= 11 is 0. The lowest BCUT2D eigenvalue weighted by molar-refractivity contribution is -0.127. The summed E-state index contributed by atoms with van der Waals surface area (Å²) in [6, 6.07) is 0.285. The quantitative estimate of drug-likeness (QED) is 0.673. The number of carbonyl (C=O) groups is 1. The van der Waals surface area contributed by atoms with Crippen LogP contribution in [0, 0.1) is 5.92 Å². The highest BCUT2D eigenvalue weighted by Gasteiger charge is 2.18. The third-order valence-electron chi connectivity index (χ3n) is 2.47. The number of likely N-dealkylation sites (tertiary alicyclic amines) is 1. The molecule has 2 N–H and O–H groups in total. The van der Waals surface area contributed by atoms with E-state index in [1.807, 2.05) is 11.0 Å². The number of hydrogen-bond donors (Lipinski definition) is 1. The summed E-state index contributed by atoms with van der Waals surface area (Å²) in [7, 11) is 0. The van der Waals surface area contributed by atoms with E-state index in [9.17, 15) is 4.79 Å². The number of amides is 1. The number of nitrogens with two attached hydrogens (primary N) is 1. The van der Waals surface area contributed by atoms with Gasteiger partial charge in [0.25, 0.3) is 0 Å². The Morgan fingerprint density at radius 1 is 1.43 bits per heavy atom. The van der Waals surface area contributed by atoms with Crippen LogP contribution in [0.5, 0.6) is 0 Å². The van der Waals surface area contributed by atoms with Gasteiger partial charge in [-0.1, -0.05) is 19.9 Å². The number of piperidine rings is 1. The molecule has 0 saturated carbocycles. The summed E-state index contributed by atoms with van der Waals surface area (Å²) in [4.78, 5) is 13.5. The molecule has 0 aliphatic carbocycles. The summed E-state index contributed by atoms with van der Waals surface area (Å²) in [6.07, 6.45) is 5.49. The maximum absolute atomic E-state index is 11.6. The molecule has 80 valence electrons. The van der Waals surface area contributed by atoms with Crippen LogP contribution in [0.2, 0.25) is 0 Å². The Kier molecular flexibility index (Phi) is 4.14. The van der Waals surface area contributed by atoms with Crippen LogP contribution >= 0.6 is 0 Å². The van der Waals surface area contributed by atoms with Crippen LogP contribution in [0.25, 0.3) is 0 Å². The molecule has 0 spiro atoms. The second-order valence-corrected chi connectivity index (χ2v) is 4.27. The first-order valence-corrected chi connectivity index (χ1v) is 5.32. The SMILES string of the molecule is CC(C)/C=C/C(=O)N1CCC(N)CC1. The molecule has 3 heteroatoms. The molecule has 1 aliphatic rings. The monoisotopic (exact) mass is 196 g/mol. The number of hydrogen-bond acceptors (Lipinski definition) is 2. The van der Waals surface area contributed by atoms with Gasteiger partial charge in [-0.15, -0.1) is 0 Å². The van der Waals surface area contributed by atoms with Crippen molar-refractivity contribution in [1.29, 1.82) is 0 Å². The van der Waals surface area contributed by atoms with Gasteiger partial charge in [0, 0.05) is 19.1 Å². The standard InChI is InChI=1S/C11H20N2O/c1-9(2)3-4-11(14)13-7-5-10(12)6-8-13/h3-4,9-10H,5-8,12H2,1-2H3/b4-3+. The number of nitrogens with zero attached hydrogens (tertiary/aromatic N) is 1. The molecule has 0 unspecified atom stereocenters. The predicted octanol–water partition coefficient (Wildman–Crippen LogP) is 1.15. The van der Waals surface area contributed by atoms with E-state index < -0.39 is 0 Å². The van der Waals surface area contributed by atoms with Gasteiger partial charge >= 0.3 is 0 Å². The minimum atomic E-state index is 0.130. The van der Waals surface area contributed by atoms with Crippen molar-refractivity contribution in [2.45, 2.75) is 32.7 Å². The molecule has 1 saturated heterocycles. The predicted molar refractivity (Wildman–Crippen MR) is 57.8 cm³/mol. The van der Waals surface area contributed by atoms with Crippen molar-refractivity contribution in [3.63, 3.8) is 0 Å². The van der Waals surface area contributed by atoms with Crippen LogP contribution in [-0.4, -0.2) is 29.9 Å². The van der Waals surface area contributed by atoms with Gasteiger partial charge in [0.05, 0.1) is 0 Å². The second-order valence-electron chi connectivity index (χ2n) is 4.27. The van der Waals surface area contributed by atoms with Crippen molar-refractivity contribution >= 4 is 5.91 Å². The van der Waals surface area contributed by atoms with Crippen molar-refractivity contribution in [2.24, 2.45) is 11.7 Å². The van der Waals surface area contributed by atoms with Gasteiger partial charge in [-0.2, -0.15) is 0 Å². The summed E-state index contributed by atoms with van der Waals surface area (Å²) < 4.78 is 0. The molecular weight excluding hydrogens is 176 g/mol. The highest BCUT2D eigenvalue weighted by atomic mass is 16.2. The molecule has 1 amide bonds. The highest BCUT2D eigenvalue weighted by Crippen LogP contribution is 2.08. The van der Waals surface area contributed by atoms with E-state index in [1.54, 1.807) is 6.08 Å². The zero-order valence-electron chi connectivity index (χ0n) is 9.07. The molecule has 1 aliphatic heterocycles. The molecule has 0 radical (unpaired) electrons. The van der Waals surface area contributed by atoms with Gasteiger partial charge in [-0.05, 0) is 24.8 Å². The molecule has 0 aromatic rings. The first-order chi connectivity index (χ1) is 6.59. The summed E-state index contributed by atoms with van der Waals surface area (Å²) in [5.41, 5.74) is 5.76. The average Bonchev–Trinajstić information content (AvgIpc) is 2.15. The number of rotatable bonds is 2. The molecule has 0 aromatic carbocycles. The summed E-state index contributed by atoms with van der Waals surface area (Å²) in [5.74, 6) is 0.566. The minimum absolute atomic E-state index is 0.130. The zero-order valence-corrected chi connectivity index (χ0v) is 9.07. The van der Waals surface area contributed by atoms with Gasteiger partial charge in [-0.25, -0.2) is 0 Å². The largest absolute Gasteiger partial charge is 0.339 e. The van der Waals surface area contributed by atoms with Gasteiger partial charge in [0.2, 0.25) is 5.91 Å². The molecule has 0 bridgehead atoms. The highest BCUT2D eigenvalue weighted by molar-refractivity contribution is 5.87. The molecular formula is C11H20N2O. The summed E-state index contributed by atoms with van der Waals surface area (Å²) in [5, 5.41) is 0. The van der Waals surface area contributed by atoms with Crippen molar-refractivity contribution in [1.82, 2.24) is 4.90 Å². The normalized spacial score (nSPS) is 19.6. The molecule has 14 heavy (non-hydrogen) atoms. The van der Waals surface area contributed by atoms with E-state index in [4.69, 9.17) is 5.73 Å². The van der Waals surface area contributed by atoms with Crippen LogP contribution < -0.4 is 5.73 Å². The summed E-state index contributed by atoms with van der Waals surface area (Å²) in [6.45, 7) is 5.75. The first-order valence-electron chi connectivity index (χ1n) is 5.32. The zero-order chi connectivity index (χ0) is 10.6. The molecule has 1 heterocycles. The van der Waals surface area contributed by atoms with Gasteiger partial charge in [-0.3, -0.25) is 4.79 Å².